The molecule has 0 unspecified atom stereocenters. The van der Waals surface area contributed by atoms with Gasteiger partial charge in [-0.2, -0.15) is 0 Å². The minimum absolute atomic E-state index is 0.169. The maximum Gasteiger partial charge on any atom is 0.328 e. The van der Waals surface area contributed by atoms with Gasteiger partial charge >= 0.3 is 5.97 Å². The monoisotopic (exact) mass is 326 g/mol. The van der Waals surface area contributed by atoms with Crippen molar-refractivity contribution in [1.82, 2.24) is 4.98 Å². The molecule has 0 amide bonds. The highest BCUT2D eigenvalue weighted by Crippen LogP contribution is 2.22. The Labute approximate surface area is 138 Å². The van der Waals surface area contributed by atoms with E-state index in [-0.39, 0.29) is 30.8 Å². The third kappa shape index (κ3) is 2.99. The lowest BCUT2D eigenvalue weighted by molar-refractivity contribution is -0.138. The van der Waals surface area contributed by atoms with Crippen molar-refractivity contribution in [3.05, 3.63) is 36.0 Å². The van der Waals surface area contributed by atoms with Gasteiger partial charge in [0.2, 0.25) is 0 Å². The maximum atomic E-state index is 11.8. The van der Waals surface area contributed by atoms with E-state index in [1.54, 1.807) is 13.1 Å². The second-order valence-electron chi connectivity index (χ2n) is 6.05. The first-order chi connectivity index (χ1) is 11.5. The van der Waals surface area contributed by atoms with Crippen LogP contribution in [0, 0.1) is 5.92 Å². The number of benzene rings is 1. The second-order valence-corrected chi connectivity index (χ2v) is 6.05. The Morgan fingerprint density at radius 1 is 1.29 bits per heavy atom. The standard InChI is InChI=1S/C18H18N2O4/c1-10(17-15(21)6-7-16(17)22)20-14(18(23)24)8-11-9-19-13-5-3-2-4-12(11)13/h2-5,9,14,17,19H,6-8H2,1H3,(H,23,24)/t14-/m1/s1. The number of nitrogens with zero attached hydrogens (tertiary/aromatic N) is 1. The summed E-state index contributed by atoms with van der Waals surface area (Å²) in [6.07, 6.45) is 2.41. The number of carbonyl (C=O) groups is 3. The van der Waals surface area contributed by atoms with E-state index in [9.17, 15) is 19.5 Å². The van der Waals surface area contributed by atoms with Crippen LogP contribution in [0.3, 0.4) is 0 Å². The largest absolute Gasteiger partial charge is 0.480 e. The first-order valence-corrected chi connectivity index (χ1v) is 7.85. The predicted molar refractivity (Wildman–Crippen MR) is 89.3 cm³/mol. The SMILES string of the molecule is CC(=N[C@H](Cc1c[nH]c2ccccc12)C(=O)O)C1C(=O)CCC1=O. The predicted octanol–water partition coefficient (Wildman–Crippen LogP) is 2.17. The van der Waals surface area contributed by atoms with Crippen molar-refractivity contribution in [3.8, 4) is 0 Å². The summed E-state index contributed by atoms with van der Waals surface area (Å²) in [4.78, 5) is 42.5. The molecule has 0 bridgehead atoms. The number of aromatic nitrogens is 1. The number of hydrogen-bond donors (Lipinski definition) is 2. The Morgan fingerprint density at radius 3 is 2.62 bits per heavy atom. The number of rotatable bonds is 5. The Kier molecular flexibility index (Phi) is 4.29. The summed E-state index contributed by atoms with van der Waals surface area (Å²) in [5.41, 5.74) is 2.08. The molecule has 24 heavy (non-hydrogen) atoms. The minimum atomic E-state index is -1.07. The van der Waals surface area contributed by atoms with Gasteiger partial charge < -0.3 is 10.1 Å². The quantitative estimate of drug-likeness (QED) is 0.649. The zero-order valence-corrected chi connectivity index (χ0v) is 13.3. The first-order valence-electron chi connectivity index (χ1n) is 7.85. The number of ketones is 2. The number of aliphatic carboxylic acids is 1. The van der Waals surface area contributed by atoms with Crippen molar-refractivity contribution >= 4 is 34.2 Å². The third-order valence-corrected chi connectivity index (χ3v) is 4.41. The van der Waals surface area contributed by atoms with E-state index in [1.807, 2.05) is 24.3 Å². The van der Waals surface area contributed by atoms with Gasteiger partial charge in [-0.3, -0.25) is 14.6 Å². The lowest BCUT2D eigenvalue weighted by atomic mass is 9.99. The molecule has 1 saturated carbocycles. The van der Waals surface area contributed by atoms with Gasteiger partial charge in [-0.05, 0) is 18.6 Å². The molecule has 2 aromatic rings. The molecule has 1 aliphatic rings. The number of nitrogens with one attached hydrogen (secondary N) is 1. The molecule has 1 aliphatic carbocycles. The van der Waals surface area contributed by atoms with Crippen LogP contribution in [0.5, 0.6) is 0 Å². The van der Waals surface area contributed by atoms with Gasteiger partial charge in [-0.15, -0.1) is 0 Å². The summed E-state index contributed by atoms with van der Waals surface area (Å²) in [6, 6.07) is 6.60. The lowest BCUT2D eigenvalue weighted by Crippen LogP contribution is -2.28. The van der Waals surface area contributed by atoms with E-state index < -0.39 is 17.9 Å². The number of aromatic amines is 1. The summed E-state index contributed by atoms with van der Waals surface area (Å²) in [6.45, 7) is 1.57. The van der Waals surface area contributed by atoms with Crippen molar-refractivity contribution in [2.24, 2.45) is 10.9 Å². The summed E-state index contributed by atoms with van der Waals surface area (Å²) in [5, 5.41) is 10.4. The van der Waals surface area contributed by atoms with Gasteiger partial charge in [-0.1, -0.05) is 18.2 Å². The molecule has 1 heterocycles. The highest BCUT2D eigenvalue weighted by atomic mass is 16.4. The van der Waals surface area contributed by atoms with Crippen LogP contribution in [0.2, 0.25) is 0 Å². The van der Waals surface area contributed by atoms with Gasteiger partial charge in [0.05, 0.1) is 0 Å². The van der Waals surface area contributed by atoms with Crippen LogP contribution < -0.4 is 0 Å². The molecule has 0 aliphatic heterocycles. The number of para-hydroxylation sites is 1. The summed E-state index contributed by atoms with van der Waals surface area (Å²) >= 11 is 0. The van der Waals surface area contributed by atoms with Crippen LogP contribution in [-0.4, -0.2) is 39.4 Å². The zero-order chi connectivity index (χ0) is 17.3. The fourth-order valence-corrected chi connectivity index (χ4v) is 3.20. The van der Waals surface area contributed by atoms with E-state index in [0.29, 0.717) is 5.71 Å². The number of carbonyl (C=O) groups excluding carboxylic acids is 2. The average Bonchev–Trinajstić information content (AvgIpc) is 3.10. The van der Waals surface area contributed by atoms with Crippen LogP contribution >= 0.6 is 0 Å². The van der Waals surface area contributed by atoms with Gasteiger partial charge in [0.15, 0.2) is 6.04 Å². The molecular weight excluding hydrogens is 308 g/mol. The van der Waals surface area contributed by atoms with Crippen molar-refractivity contribution in [3.63, 3.8) is 0 Å². The summed E-state index contributed by atoms with van der Waals surface area (Å²) in [7, 11) is 0. The Morgan fingerprint density at radius 2 is 1.96 bits per heavy atom. The Bertz CT molecular complexity index is 834. The van der Waals surface area contributed by atoms with Crippen LogP contribution in [0.4, 0.5) is 0 Å². The molecule has 1 fully saturated rings. The molecule has 0 spiro atoms. The molecule has 1 aromatic carbocycles. The molecule has 6 heteroatoms. The number of hydrogen-bond acceptors (Lipinski definition) is 4. The number of carboxylic acid groups (broad SMARTS) is 1. The first kappa shape index (κ1) is 16.1. The zero-order valence-electron chi connectivity index (χ0n) is 13.3. The Balaban J connectivity index is 1.87. The molecule has 2 N–H and O–H groups in total. The highest BCUT2D eigenvalue weighted by Gasteiger charge is 2.35. The molecule has 124 valence electrons. The van der Waals surface area contributed by atoms with E-state index in [4.69, 9.17) is 0 Å². The van der Waals surface area contributed by atoms with E-state index in [1.165, 1.54) is 0 Å². The Hall–Kier alpha value is -2.76. The normalized spacial score (nSPS) is 17.6. The van der Waals surface area contributed by atoms with Crippen LogP contribution in [-0.2, 0) is 20.8 Å². The fourth-order valence-electron chi connectivity index (χ4n) is 3.20. The van der Waals surface area contributed by atoms with Crippen LogP contribution in [0.25, 0.3) is 10.9 Å². The summed E-state index contributed by atoms with van der Waals surface area (Å²) < 4.78 is 0. The highest BCUT2D eigenvalue weighted by molar-refractivity contribution is 6.24. The number of fused-ring (bicyclic) bond motifs is 1. The third-order valence-electron chi connectivity index (χ3n) is 4.41. The van der Waals surface area contributed by atoms with Crippen molar-refractivity contribution < 1.29 is 19.5 Å². The number of aliphatic imine (C=N–C) groups is 1. The molecule has 6 nitrogen and oxygen atoms in total. The number of Topliss-reactive ketones (excluding diaryl/α,β-unsaturated/α-hetero) is 2. The van der Waals surface area contributed by atoms with Crippen molar-refractivity contribution in [2.45, 2.75) is 32.2 Å². The van der Waals surface area contributed by atoms with E-state index in [0.717, 1.165) is 16.5 Å². The number of H-pyrrole nitrogens is 1. The smallest absolute Gasteiger partial charge is 0.328 e. The molecule has 3 rings (SSSR count). The average molecular weight is 326 g/mol. The van der Waals surface area contributed by atoms with Gasteiger partial charge in [0.1, 0.15) is 17.5 Å². The van der Waals surface area contributed by atoms with Gasteiger partial charge in [0.25, 0.3) is 0 Å². The second kappa shape index (κ2) is 6.39. The van der Waals surface area contributed by atoms with Crippen molar-refractivity contribution in [1.29, 1.82) is 0 Å². The van der Waals surface area contributed by atoms with Gasteiger partial charge in [-0.25, -0.2) is 4.79 Å². The van der Waals surface area contributed by atoms with Gasteiger partial charge in [0, 0.05) is 42.1 Å². The molecule has 0 radical (unpaired) electrons. The van der Waals surface area contributed by atoms with Crippen molar-refractivity contribution in [2.75, 3.05) is 0 Å². The fraction of sp³-hybridized carbons (Fsp3) is 0.333. The molecule has 1 aromatic heterocycles. The summed E-state index contributed by atoms with van der Waals surface area (Å²) in [5.74, 6) is -2.28. The molecule has 1 atom stereocenters. The van der Waals surface area contributed by atoms with Crippen LogP contribution in [0.15, 0.2) is 35.5 Å². The topological polar surface area (TPSA) is 99.6 Å². The lowest BCUT2D eigenvalue weighted by Gasteiger charge is -2.12. The minimum Gasteiger partial charge on any atom is -0.480 e. The molecular formula is C18H18N2O4. The maximum absolute atomic E-state index is 11.8. The number of carboxylic acids is 1. The van der Waals surface area contributed by atoms with Crippen LogP contribution in [0.1, 0.15) is 25.3 Å². The van der Waals surface area contributed by atoms with E-state index >= 15 is 0 Å². The molecule has 0 saturated heterocycles. The van der Waals surface area contributed by atoms with E-state index in [2.05, 4.69) is 9.98 Å².